The van der Waals surface area contributed by atoms with Crippen LogP contribution in [0.25, 0.3) is 0 Å². The topological polar surface area (TPSA) is 87.7 Å². The van der Waals surface area contributed by atoms with Crippen LogP contribution in [0.5, 0.6) is 0 Å². The van der Waals surface area contributed by atoms with Gasteiger partial charge in [0.25, 0.3) is 5.91 Å². The van der Waals surface area contributed by atoms with E-state index in [0.717, 1.165) is 37.0 Å². The van der Waals surface area contributed by atoms with Crippen LogP contribution in [0.2, 0.25) is 0 Å². The summed E-state index contributed by atoms with van der Waals surface area (Å²) in [6.45, 7) is 5.06. The normalized spacial score (nSPS) is 18.7. The molecule has 7 heteroatoms. The molecule has 1 aromatic rings. The molecule has 1 fully saturated rings. The molecule has 0 spiro atoms. The van der Waals surface area contributed by atoms with Crippen LogP contribution >= 0.6 is 11.3 Å². The van der Waals surface area contributed by atoms with Crippen molar-refractivity contribution >= 4 is 23.2 Å². The summed E-state index contributed by atoms with van der Waals surface area (Å²) < 4.78 is 6.14. The number of aliphatic hydroxyl groups excluding tert-OH is 1. The van der Waals surface area contributed by atoms with Gasteiger partial charge in [0, 0.05) is 17.8 Å². The van der Waals surface area contributed by atoms with Crippen LogP contribution in [-0.2, 0) is 16.1 Å². The molecule has 1 aromatic heterocycles. The summed E-state index contributed by atoms with van der Waals surface area (Å²) in [6.07, 6.45) is 6.40. The lowest BCUT2D eigenvalue weighted by Gasteiger charge is -2.25. The van der Waals surface area contributed by atoms with Gasteiger partial charge in [-0.05, 0) is 44.7 Å². The minimum atomic E-state index is -0.319. The first-order chi connectivity index (χ1) is 13.5. The molecule has 2 rings (SSSR count). The smallest absolute Gasteiger partial charge is 0.261 e. The van der Waals surface area contributed by atoms with Crippen molar-refractivity contribution in [1.82, 2.24) is 10.6 Å². The SMILES string of the molecule is CCCCC[C@@H](O)CCC(OCc1ccc(C(=O)NCC)s1)C1CCC(=O)N1. The highest BCUT2D eigenvalue weighted by molar-refractivity contribution is 7.14. The first kappa shape index (κ1) is 22.8. The molecular weight excluding hydrogens is 376 g/mol. The Hall–Kier alpha value is -1.44. The lowest BCUT2D eigenvalue weighted by atomic mass is 9.99. The van der Waals surface area contributed by atoms with E-state index >= 15 is 0 Å². The highest BCUT2D eigenvalue weighted by Gasteiger charge is 2.30. The third kappa shape index (κ3) is 7.53. The summed E-state index contributed by atoms with van der Waals surface area (Å²) in [5.41, 5.74) is 0. The van der Waals surface area contributed by atoms with Gasteiger partial charge in [-0.25, -0.2) is 0 Å². The average Bonchev–Trinajstić information content (AvgIpc) is 3.31. The maximum absolute atomic E-state index is 11.9. The summed E-state index contributed by atoms with van der Waals surface area (Å²) in [6, 6.07) is 3.73. The molecule has 2 amide bonds. The number of thiophene rings is 1. The third-order valence-electron chi connectivity index (χ3n) is 5.07. The van der Waals surface area contributed by atoms with E-state index in [1.807, 2.05) is 19.1 Å². The maximum Gasteiger partial charge on any atom is 0.261 e. The molecule has 0 bridgehead atoms. The Morgan fingerprint density at radius 1 is 1.32 bits per heavy atom. The molecule has 0 radical (unpaired) electrons. The van der Waals surface area contributed by atoms with Crippen molar-refractivity contribution in [2.24, 2.45) is 0 Å². The number of amides is 2. The van der Waals surface area contributed by atoms with Crippen molar-refractivity contribution in [3.63, 3.8) is 0 Å². The Morgan fingerprint density at radius 3 is 2.82 bits per heavy atom. The summed E-state index contributed by atoms with van der Waals surface area (Å²) in [7, 11) is 0. The van der Waals surface area contributed by atoms with E-state index in [-0.39, 0.29) is 30.1 Å². The Balaban J connectivity index is 1.87. The van der Waals surface area contributed by atoms with Gasteiger partial charge >= 0.3 is 0 Å². The molecule has 6 nitrogen and oxygen atoms in total. The summed E-state index contributed by atoms with van der Waals surface area (Å²) in [5.74, 6) is 0.00491. The molecule has 158 valence electrons. The van der Waals surface area contributed by atoms with Crippen LogP contribution in [0, 0.1) is 0 Å². The molecule has 3 N–H and O–H groups in total. The van der Waals surface area contributed by atoms with Gasteiger partial charge in [0.15, 0.2) is 0 Å². The van der Waals surface area contributed by atoms with E-state index < -0.39 is 0 Å². The van der Waals surface area contributed by atoms with Crippen LogP contribution in [0.3, 0.4) is 0 Å². The predicted octanol–water partition coefficient (Wildman–Crippen LogP) is 3.38. The second-order valence-corrected chi connectivity index (χ2v) is 8.58. The van der Waals surface area contributed by atoms with Gasteiger partial charge in [-0.1, -0.05) is 26.2 Å². The lowest BCUT2D eigenvalue weighted by Crippen LogP contribution is -2.38. The van der Waals surface area contributed by atoms with Crippen molar-refractivity contribution in [1.29, 1.82) is 0 Å². The fourth-order valence-electron chi connectivity index (χ4n) is 3.46. The van der Waals surface area contributed by atoms with Gasteiger partial charge in [0.05, 0.1) is 29.7 Å². The molecule has 28 heavy (non-hydrogen) atoms. The number of hydrogen-bond donors (Lipinski definition) is 3. The van der Waals surface area contributed by atoms with Crippen molar-refractivity contribution < 1.29 is 19.4 Å². The number of ether oxygens (including phenoxy) is 1. The molecule has 2 unspecified atom stereocenters. The monoisotopic (exact) mass is 410 g/mol. The molecule has 0 aromatic carbocycles. The van der Waals surface area contributed by atoms with Crippen molar-refractivity contribution in [3.05, 3.63) is 21.9 Å². The van der Waals surface area contributed by atoms with E-state index in [1.54, 1.807) is 0 Å². The second-order valence-electron chi connectivity index (χ2n) is 7.41. The van der Waals surface area contributed by atoms with E-state index in [0.29, 0.717) is 37.3 Å². The van der Waals surface area contributed by atoms with Gasteiger partial charge in [-0.2, -0.15) is 0 Å². The zero-order valence-electron chi connectivity index (χ0n) is 17.0. The minimum absolute atomic E-state index is 0.00170. The average molecular weight is 411 g/mol. The third-order valence-corrected chi connectivity index (χ3v) is 6.12. The number of aliphatic hydroxyl groups is 1. The summed E-state index contributed by atoms with van der Waals surface area (Å²) in [4.78, 5) is 25.2. The van der Waals surface area contributed by atoms with Crippen LogP contribution < -0.4 is 10.6 Å². The van der Waals surface area contributed by atoms with Crippen LogP contribution in [0.15, 0.2) is 12.1 Å². The first-order valence-electron chi connectivity index (χ1n) is 10.5. The molecule has 2 heterocycles. The highest BCUT2D eigenvalue weighted by Crippen LogP contribution is 2.23. The zero-order valence-corrected chi connectivity index (χ0v) is 17.9. The predicted molar refractivity (Wildman–Crippen MR) is 111 cm³/mol. The standard InChI is InChI=1S/C21H34N2O4S/c1-3-5-6-7-15(24)8-11-18(17-10-13-20(25)23-17)27-14-16-9-12-19(28-16)21(26)22-4-2/h9,12,15,17-18,24H,3-8,10-11,13-14H2,1-2H3,(H,22,26)(H,23,25)/t15-,17?,18?/m1/s1. The van der Waals surface area contributed by atoms with Gasteiger partial charge < -0.3 is 20.5 Å². The van der Waals surface area contributed by atoms with E-state index in [4.69, 9.17) is 4.74 Å². The zero-order chi connectivity index (χ0) is 20.4. The van der Waals surface area contributed by atoms with Crippen LogP contribution in [0.1, 0.15) is 79.8 Å². The van der Waals surface area contributed by atoms with Crippen LogP contribution in [-0.4, -0.2) is 41.7 Å². The van der Waals surface area contributed by atoms with E-state index in [2.05, 4.69) is 17.6 Å². The Kier molecular flexibility index (Phi) is 9.95. The van der Waals surface area contributed by atoms with Gasteiger partial charge in [0.1, 0.15) is 0 Å². The van der Waals surface area contributed by atoms with E-state index in [9.17, 15) is 14.7 Å². The summed E-state index contributed by atoms with van der Waals surface area (Å²) in [5, 5.41) is 16.0. The number of hydrogen-bond acceptors (Lipinski definition) is 5. The van der Waals surface area contributed by atoms with E-state index in [1.165, 1.54) is 11.3 Å². The fourth-order valence-corrected chi connectivity index (χ4v) is 4.31. The van der Waals surface area contributed by atoms with Crippen molar-refractivity contribution in [3.8, 4) is 0 Å². The maximum atomic E-state index is 11.9. The summed E-state index contributed by atoms with van der Waals surface area (Å²) >= 11 is 1.43. The molecule has 1 aliphatic rings. The second kappa shape index (κ2) is 12.2. The molecule has 0 saturated carbocycles. The Morgan fingerprint density at radius 2 is 2.14 bits per heavy atom. The number of rotatable bonds is 13. The molecule has 0 aliphatic carbocycles. The Bertz CT molecular complexity index is 619. The lowest BCUT2D eigenvalue weighted by molar-refractivity contribution is -0.119. The van der Waals surface area contributed by atoms with Crippen molar-refractivity contribution in [2.45, 2.75) is 90.1 Å². The highest BCUT2D eigenvalue weighted by atomic mass is 32.1. The molecule has 1 aliphatic heterocycles. The quantitative estimate of drug-likeness (QED) is 0.435. The van der Waals surface area contributed by atoms with Gasteiger partial charge in [-0.3, -0.25) is 9.59 Å². The van der Waals surface area contributed by atoms with Crippen molar-refractivity contribution in [2.75, 3.05) is 6.54 Å². The molecule has 1 saturated heterocycles. The molecular formula is C21H34N2O4S. The van der Waals surface area contributed by atoms with Gasteiger partial charge in [0.2, 0.25) is 5.91 Å². The number of unbranched alkanes of at least 4 members (excludes halogenated alkanes) is 2. The Labute approximate surface area is 172 Å². The fraction of sp³-hybridized carbons (Fsp3) is 0.714. The number of nitrogens with one attached hydrogen (secondary N) is 2. The van der Waals surface area contributed by atoms with Crippen LogP contribution in [0.4, 0.5) is 0 Å². The minimum Gasteiger partial charge on any atom is -0.393 e. The van der Waals surface area contributed by atoms with Gasteiger partial charge in [-0.15, -0.1) is 11.3 Å². The largest absolute Gasteiger partial charge is 0.393 e. The first-order valence-corrected chi connectivity index (χ1v) is 11.3. The number of carbonyl (C=O) groups excluding carboxylic acids is 2. The number of carbonyl (C=O) groups is 2. The molecule has 3 atom stereocenters.